The number of aryl methyl sites for hydroxylation is 2. The molecule has 1 aromatic carbocycles. The number of fused-ring (bicyclic) bond motifs is 1. The number of hydrogen-bond acceptors (Lipinski definition) is 2. The molecule has 3 rings (SSSR count). The first-order valence-corrected chi connectivity index (χ1v) is 7.10. The van der Waals surface area contributed by atoms with Gasteiger partial charge in [-0.3, -0.25) is 0 Å². The third-order valence-corrected chi connectivity index (χ3v) is 3.80. The molecule has 0 aliphatic rings. The van der Waals surface area contributed by atoms with E-state index in [-0.39, 0.29) is 0 Å². The van der Waals surface area contributed by atoms with Crippen LogP contribution in [0.3, 0.4) is 0 Å². The van der Waals surface area contributed by atoms with E-state index >= 15 is 0 Å². The first-order valence-electron chi connectivity index (χ1n) is 7.10. The number of aromatic nitrogens is 3. The van der Waals surface area contributed by atoms with Crippen LogP contribution in [0.1, 0.15) is 17.0 Å². The molecule has 0 amide bonds. The highest BCUT2D eigenvalue weighted by molar-refractivity contribution is 5.76. The van der Waals surface area contributed by atoms with E-state index in [2.05, 4.69) is 69.9 Å². The van der Waals surface area contributed by atoms with Crippen molar-refractivity contribution in [3.8, 4) is 0 Å². The molecule has 2 heterocycles. The summed E-state index contributed by atoms with van der Waals surface area (Å²) in [5.74, 6) is 0.859. The molecular weight excluding hydrogens is 260 g/mol. The van der Waals surface area contributed by atoms with E-state index in [1.165, 1.54) is 16.8 Å². The van der Waals surface area contributed by atoms with Crippen molar-refractivity contribution in [1.29, 1.82) is 0 Å². The molecule has 4 nitrogen and oxygen atoms in total. The summed E-state index contributed by atoms with van der Waals surface area (Å²) in [5, 5.41) is 0. The molecule has 0 N–H and O–H groups in total. The van der Waals surface area contributed by atoms with Crippen molar-refractivity contribution in [1.82, 2.24) is 9.97 Å². The number of nitrogens with zero attached hydrogens (tertiary/aromatic N) is 4. The van der Waals surface area contributed by atoms with Crippen molar-refractivity contribution >= 4 is 16.7 Å². The summed E-state index contributed by atoms with van der Waals surface area (Å²) in [6.45, 7) is 4.91. The molecule has 0 spiro atoms. The van der Waals surface area contributed by atoms with Crippen LogP contribution in [0.15, 0.2) is 36.7 Å². The predicted octanol–water partition coefficient (Wildman–Crippen LogP) is 2.21. The van der Waals surface area contributed by atoms with Gasteiger partial charge in [0.05, 0.1) is 0 Å². The molecule has 4 heteroatoms. The molecule has 0 aliphatic heterocycles. The van der Waals surface area contributed by atoms with Gasteiger partial charge in [0.15, 0.2) is 18.9 Å². The minimum absolute atomic E-state index is 0.695. The minimum Gasteiger partial charge on any atom is -0.434 e. The second kappa shape index (κ2) is 5.20. The van der Waals surface area contributed by atoms with Crippen LogP contribution in [0.4, 0.5) is 5.69 Å². The highest BCUT2D eigenvalue weighted by atomic mass is 15.1. The van der Waals surface area contributed by atoms with Crippen LogP contribution in [-0.4, -0.2) is 19.1 Å². The van der Waals surface area contributed by atoms with Crippen LogP contribution < -0.4 is 14.5 Å². The SMILES string of the molecule is Cc1cc2nc(C[n+]3ccc(N(C)C)cc3)[n-]c2cc1C. The lowest BCUT2D eigenvalue weighted by atomic mass is 10.1. The zero-order valence-corrected chi connectivity index (χ0v) is 13.0. The second-order valence-electron chi connectivity index (χ2n) is 5.69. The molecule has 0 saturated carbocycles. The van der Waals surface area contributed by atoms with Gasteiger partial charge in [-0.05, 0) is 41.8 Å². The fraction of sp³-hybridized carbons (Fsp3) is 0.294. The van der Waals surface area contributed by atoms with Crippen LogP contribution >= 0.6 is 0 Å². The number of anilines is 1. The van der Waals surface area contributed by atoms with Crippen LogP contribution in [0.5, 0.6) is 0 Å². The molecule has 0 unspecified atom stereocenters. The topological polar surface area (TPSA) is 34.1 Å². The van der Waals surface area contributed by atoms with Gasteiger partial charge < -0.3 is 14.9 Å². The molecule has 0 bridgehead atoms. The summed E-state index contributed by atoms with van der Waals surface area (Å²) in [5.41, 5.74) is 5.68. The molecular formula is C17H20N4. The number of imidazole rings is 1. The molecule has 108 valence electrons. The summed E-state index contributed by atoms with van der Waals surface area (Å²) in [6, 6.07) is 8.41. The average molecular weight is 280 g/mol. The average Bonchev–Trinajstić information content (AvgIpc) is 2.81. The van der Waals surface area contributed by atoms with Gasteiger partial charge in [-0.15, -0.1) is 0 Å². The van der Waals surface area contributed by atoms with Gasteiger partial charge >= 0.3 is 0 Å². The Morgan fingerprint density at radius 1 is 1.10 bits per heavy atom. The maximum atomic E-state index is 4.63. The van der Waals surface area contributed by atoms with Gasteiger partial charge in [0.2, 0.25) is 0 Å². The Balaban J connectivity index is 1.87. The summed E-state index contributed by atoms with van der Waals surface area (Å²) in [4.78, 5) is 11.3. The van der Waals surface area contributed by atoms with Crippen molar-refractivity contribution in [3.05, 3.63) is 53.6 Å². The van der Waals surface area contributed by atoms with E-state index in [0.29, 0.717) is 6.54 Å². The molecule has 3 aromatic rings. The van der Waals surface area contributed by atoms with Gasteiger partial charge in [-0.25, -0.2) is 4.57 Å². The van der Waals surface area contributed by atoms with E-state index in [1.807, 2.05) is 14.1 Å². The van der Waals surface area contributed by atoms with Crippen molar-refractivity contribution < 1.29 is 4.57 Å². The van der Waals surface area contributed by atoms with E-state index < -0.39 is 0 Å². The Morgan fingerprint density at radius 2 is 1.76 bits per heavy atom. The highest BCUT2D eigenvalue weighted by Crippen LogP contribution is 2.16. The van der Waals surface area contributed by atoms with Gasteiger partial charge in [0.1, 0.15) is 0 Å². The monoisotopic (exact) mass is 280 g/mol. The normalized spacial score (nSPS) is 11.0. The lowest BCUT2D eigenvalue weighted by Crippen LogP contribution is -2.34. The van der Waals surface area contributed by atoms with E-state index in [9.17, 15) is 0 Å². The van der Waals surface area contributed by atoms with Crippen LogP contribution in [0, 0.1) is 13.8 Å². The molecule has 21 heavy (non-hydrogen) atoms. The second-order valence-corrected chi connectivity index (χ2v) is 5.69. The number of hydrogen-bond donors (Lipinski definition) is 0. The molecule has 0 radical (unpaired) electrons. The largest absolute Gasteiger partial charge is 0.434 e. The fourth-order valence-electron chi connectivity index (χ4n) is 2.35. The molecule has 2 aromatic heterocycles. The van der Waals surface area contributed by atoms with E-state index in [1.54, 1.807) is 0 Å². The third-order valence-electron chi connectivity index (χ3n) is 3.80. The van der Waals surface area contributed by atoms with Crippen molar-refractivity contribution in [2.24, 2.45) is 0 Å². The molecule has 0 aliphatic carbocycles. The Hall–Kier alpha value is -2.36. The van der Waals surface area contributed by atoms with Crippen molar-refractivity contribution in [2.45, 2.75) is 20.4 Å². The number of benzene rings is 1. The van der Waals surface area contributed by atoms with Gasteiger partial charge in [-0.1, -0.05) is 12.1 Å². The molecule has 0 atom stereocenters. The number of pyridine rings is 1. The standard InChI is InChI=1S/C17H20N4/c1-12-9-15-16(10-13(12)2)19-17(18-15)11-21-7-5-14(6-8-21)20(3)4/h5-10H,11H2,1-4H3. The summed E-state index contributed by atoms with van der Waals surface area (Å²) in [7, 11) is 4.08. The zero-order chi connectivity index (χ0) is 15.0. The quantitative estimate of drug-likeness (QED) is 0.690. The Labute approximate surface area is 125 Å². The smallest absolute Gasteiger partial charge is 0.171 e. The van der Waals surface area contributed by atoms with E-state index in [4.69, 9.17) is 0 Å². The molecule has 0 saturated heterocycles. The first-order chi connectivity index (χ1) is 10.0. The van der Waals surface area contributed by atoms with Gasteiger partial charge in [-0.2, -0.15) is 0 Å². The molecule has 0 fully saturated rings. The van der Waals surface area contributed by atoms with Crippen molar-refractivity contribution in [2.75, 3.05) is 19.0 Å². The highest BCUT2D eigenvalue weighted by Gasteiger charge is 2.03. The zero-order valence-electron chi connectivity index (χ0n) is 13.0. The Bertz CT molecular complexity index is 730. The van der Waals surface area contributed by atoms with Crippen molar-refractivity contribution in [3.63, 3.8) is 0 Å². The summed E-state index contributed by atoms with van der Waals surface area (Å²) < 4.78 is 2.10. The Morgan fingerprint density at radius 3 is 2.43 bits per heavy atom. The van der Waals surface area contributed by atoms with E-state index in [0.717, 1.165) is 16.9 Å². The number of rotatable bonds is 3. The maximum Gasteiger partial charge on any atom is 0.171 e. The Kier molecular flexibility index (Phi) is 3.37. The predicted molar refractivity (Wildman–Crippen MR) is 84.6 cm³/mol. The van der Waals surface area contributed by atoms with Crippen LogP contribution in [0.2, 0.25) is 0 Å². The lowest BCUT2D eigenvalue weighted by Gasteiger charge is -2.10. The van der Waals surface area contributed by atoms with Crippen LogP contribution in [-0.2, 0) is 6.54 Å². The van der Waals surface area contributed by atoms with Crippen LogP contribution in [0.25, 0.3) is 11.0 Å². The van der Waals surface area contributed by atoms with Gasteiger partial charge in [0.25, 0.3) is 0 Å². The van der Waals surface area contributed by atoms with Gasteiger partial charge in [0, 0.05) is 31.9 Å². The first kappa shape index (κ1) is 13.6. The summed E-state index contributed by atoms with van der Waals surface area (Å²) >= 11 is 0. The summed E-state index contributed by atoms with van der Waals surface area (Å²) in [6.07, 6.45) is 4.12. The lowest BCUT2D eigenvalue weighted by molar-refractivity contribution is -0.689. The maximum absolute atomic E-state index is 4.63. The fourth-order valence-corrected chi connectivity index (χ4v) is 2.35. The third kappa shape index (κ3) is 2.75. The minimum atomic E-state index is 0.695.